The first-order valence-corrected chi connectivity index (χ1v) is 8.16. The highest BCUT2D eigenvalue weighted by Crippen LogP contribution is 2.25. The van der Waals surface area contributed by atoms with Gasteiger partial charge in [0.2, 0.25) is 16.9 Å². The molecular formula is C14H22N4O3S. The van der Waals surface area contributed by atoms with E-state index in [1.54, 1.807) is 12.0 Å². The summed E-state index contributed by atoms with van der Waals surface area (Å²) in [5, 5.41) is 12.1. The second-order valence-electron chi connectivity index (χ2n) is 5.84. The molecule has 0 unspecified atom stereocenters. The molecule has 1 aliphatic heterocycles. The van der Waals surface area contributed by atoms with Gasteiger partial charge in [-0.3, -0.25) is 9.59 Å². The summed E-state index contributed by atoms with van der Waals surface area (Å²) in [7, 11) is 1.60. The Hall–Kier alpha value is -1.54. The van der Waals surface area contributed by atoms with Crippen molar-refractivity contribution in [3.63, 3.8) is 0 Å². The van der Waals surface area contributed by atoms with E-state index in [-0.39, 0.29) is 36.1 Å². The zero-order chi connectivity index (χ0) is 16.3. The molecule has 0 aliphatic carbocycles. The summed E-state index contributed by atoms with van der Waals surface area (Å²) >= 11 is 1.37. The minimum absolute atomic E-state index is 0.00941. The van der Waals surface area contributed by atoms with E-state index in [0.29, 0.717) is 18.3 Å². The van der Waals surface area contributed by atoms with Crippen molar-refractivity contribution < 1.29 is 14.3 Å². The molecule has 8 heteroatoms. The van der Waals surface area contributed by atoms with Crippen LogP contribution < -0.4 is 5.32 Å². The van der Waals surface area contributed by atoms with Gasteiger partial charge in [-0.25, -0.2) is 0 Å². The molecule has 1 aromatic heterocycles. The Morgan fingerprint density at radius 2 is 2.18 bits per heavy atom. The zero-order valence-electron chi connectivity index (χ0n) is 13.3. The van der Waals surface area contributed by atoms with Gasteiger partial charge in [-0.15, -0.1) is 10.2 Å². The molecule has 1 aliphatic rings. The third-order valence-corrected chi connectivity index (χ3v) is 4.77. The van der Waals surface area contributed by atoms with Crippen molar-refractivity contribution in [2.24, 2.45) is 5.92 Å². The monoisotopic (exact) mass is 326 g/mol. The summed E-state index contributed by atoms with van der Waals surface area (Å²) in [6.45, 7) is 6.86. The highest BCUT2D eigenvalue weighted by Gasteiger charge is 2.36. The van der Waals surface area contributed by atoms with Gasteiger partial charge >= 0.3 is 0 Å². The predicted molar refractivity (Wildman–Crippen MR) is 83.8 cm³/mol. The zero-order valence-corrected chi connectivity index (χ0v) is 14.1. The second kappa shape index (κ2) is 7.15. The summed E-state index contributed by atoms with van der Waals surface area (Å²) < 4.78 is 5.07. The third kappa shape index (κ3) is 3.80. The van der Waals surface area contributed by atoms with Crippen molar-refractivity contribution in [2.45, 2.75) is 39.2 Å². The van der Waals surface area contributed by atoms with Gasteiger partial charge in [0, 0.05) is 26.0 Å². The first-order valence-electron chi connectivity index (χ1n) is 7.35. The predicted octanol–water partition coefficient (Wildman–Crippen LogP) is 1.48. The minimum atomic E-state index is -0.349. The van der Waals surface area contributed by atoms with Crippen molar-refractivity contribution in [2.75, 3.05) is 25.6 Å². The van der Waals surface area contributed by atoms with Crippen LogP contribution in [0.4, 0.5) is 5.13 Å². The number of amides is 2. The van der Waals surface area contributed by atoms with Crippen LogP contribution in [0.25, 0.3) is 0 Å². The van der Waals surface area contributed by atoms with Gasteiger partial charge in [-0.2, -0.15) is 0 Å². The Bertz CT molecular complexity index is 546. The maximum absolute atomic E-state index is 12.3. The molecule has 7 nitrogen and oxygen atoms in total. The molecule has 1 fully saturated rings. The van der Waals surface area contributed by atoms with Crippen molar-refractivity contribution >= 4 is 28.3 Å². The number of anilines is 1. The van der Waals surface area contributed by atoms with Crippen molar-refractivity contribution in [3.05, 3.63) is 5.01 Å². The number of carbonyl (C=O) groups excluding carboxylic acids is 2. The largest absolute Gasteiger partial charge is 0.383 e. The molecule has 0 radical (unpaired) electrons. The smallest absolute Gasteiger partial charge is 0.231 e. The minimum Gasteiger partial charge on any atom is -0.383 e. The Labute approximate surface area is 134 Å². The Morgan fingerprint density at radius 3 is 2.77 bits per heavy atom. The van der Waals surface area contributed by atoms with E-state index in [1.165, 1.54) is 11.3 Å². The maximum Gasteiger partial charge on any atom is 0.231 e. The van der Waals surface area contributed by atoms with Crippen molar-refractivity contribution in [3.8, 4) is 0 Å². The molecule has 1 saturated heterocycles. The van der Waals surface area contributed by atoms with Crippen molar-refractivity contribution in [1.29, 1.82) is 0 Å². The van der Waals surface area contributed by atoms with E-state index in [0.717, 1.165) is 5.01 Å². The third-order valence-electron chi connectivity index (χ3n) is 3.63. The first kappa shape index (κ1) is 16.8. The number of nitrogens with zero attached hydrogens (tertiary/aromatic N) is 3. The van der Waals surface area contributed by atoms with Gasteiger partial charge in [0.1, 0.15) is 5.01 Å². The first-order chi connectivity index (χ1) is 10.4. The summed E-state index contributed by atoms with van der Waals surface area (Å²) in [4.78, 5) is 26.0. The van der Waals surface area contributed by atoms with E-state index >= 15 is 0 Å². The molecule has 1 N–H and O–H groups in total. The number of carbonyl (C=O) groups is 2. The van der Waals surface area contributed by atoms with E-state index in [2.05, 4.69) is 15.5 Å². The second-order valence-corrected chi connectivity index (χ2v) is 6.85. The van der Waals surface area contributed by atoms with Crippen LogP contribution in [0, 0.1) is 5.92 Å². The molecule has 0 bridgehead atoms. The number of aromatic nitrogens is 2. The van der Waals surface area contributed by atoms with E-state index in [4.69, 9.17) is 4.74 Å². The Morgan fingerprint density at radius 1 is 1.45 bits per heavy atom. The average molecular weight is 326 g/mol. The lowest BCUT2D eigenvalue weighted by Gasteiger charge is -2.23. The number of likely N-dealkylation sites (tertiary alicyclic amines) is 1. The molecule has 122 valence electrons. The van der Waals surface area contributed by atoms with Gasteiger partial charge in [0.25, 0.3) is 0 Å². The Kier molecular flexibility index (Phi) is 5.47. The maximum atomic E-state index is 12.3. The average Bonchev–Trinajstić information content (AvgIpc) is 3.05. The van der Waals surface area contributed by atoms with Gasteiger partial charge in [0.15, 0.2) is 0 Å². The molecule has 2 atom stereocenters. The summed E-state index contributed by atoms with van der Waals surface area (Å²) in [6, 6.07) is -0.0237. The van der Waals surface area contributed by atoms with Crippen LogP contribution in [0.2, 0.25) is 0 Å². The summed E-state index contributed by atoms with van der Waals surface area (Å²) in [6.07, 6.45) is 0.232. The molecule has 22 heavy (non-hydrogen) atoms. The lowest BCUT2D eigenvalue weighted by atomic mass is 10.1. The number of rotatable bonds is 6. The van der Waals surface area contributed by atoms with E-state index < -0.39 is 0 Å². The van der Waals surface area contributed by atoms with Gasteiger partial charge < -0.3 is 15.0 Å². The number of methoxy groups -OCH3 is 1. The topological polar surface area (TPSA) is 84.4 Å². The van der Waals surface area contributed by atoms with Crippen LogP contribution in [0.15, 0.2) is 0 Å². The van der Waals surface area contributed by atoms with Gasteiger partial charge in [-0.05, 0) is 6.92 Å². The molecule has 0 aromatic carbocycles. The number of hydrogen-bond acceptors (Lipinski definition) is 6. The van der Waals surface area contributed by atoms with E-state index in [1.807, 2.05) is 20.8 Å². The summed E-state index contributed by atoms with van der Waals surface area (Å²) in [5.74, 6) is -0.253. The van der Waals surface area contributed by atoms with Crippen LogP contribution in [0.5, 0.6) is 0 Å². The Balaban J connectivity index is 1.94. The molecule has 0 saturated carbocycles. The van der Waals surface area contributed by atoms with E-state index in [9.17, 15) is 9.59 Å². The SMILES string of the molecule is COC[C@H](C)N1C[C@H](C(=O)Nc2nnc(C(C)C)s2)CC1=O. The lowest BCUT2D eigenvalue weighted by molar-refractivity contribution is -0.130. The lowest BCUT2D eigenvalue weighted by Crippen LogP contribution is -2.38. The van der Waals surface area contributed by atoms with Crippen LogP contribution in [-0.4, -0.2) is 53.2 Å². The molecule has 2 heterocycles. The van der Waals surface area contributed by atoms with Crippen LogP contribution in [-0.2, 0) is 14.3 Å². The fourth-order valence-electron chi connectivity index (χ4n) is 2.39. The number of ether oxygens (including phenoxy) is 1. The number of nitrogens with one attached hydrogen (secondary N) is 1. The fourth-order valence-corrected chi connectivity index (χ4v) is 3.14. The highest BCUT2D eigenvalue weighted by molar-refractivity contribution is 7.15. The molecule has 2 amide bonds. The number of hydrogen-bond donors (Lipinski definition) is 1. The standard InChI is InChI=1S/C14H22N4O3S/c1-8(2)13-16-17-14(22-13)15-12(20)10-5-11(19)18(6-10)9(3)7-21-4/h8-10H,5-7H2,1-4H3,(H,15,17,20)/t9-,10+/m0/s1. The van der Waals surface area contributed by atoms with Gasteiger partial charge in [-0.1, -0.05) is 25.2 Å². The quantitative estimate of drug-likeness (QED) is 0.856. The van der Waals surface area contributed by atoms with Crippen molar-refractivity contribution in [1.82, 2.24) is 15.1 Å². The highest BCUT2D eigenvalue weighted by atomic mass is 32.1. The molecule has 0 spiro atoms. The molecule has 2 rings (SSSR count). The van der Waals surface area contributed by atoms with Crippen LogP contribution in [0.1, 0.15) is 38.1 Å². The van der Waals surface area contributed by atoms with Gasteiger partial charge in [0.05, 0.1) is 18.6 Å². The summed E-state index contributed by atoms with van der Waals surface area (Å²) in [5.41, 5.74) is 0. The fraction of sp³-hybridized carbons (Fsp3) is 0.714. The van der Waals surface area contributed by atoms with Crippen LogP contribution in [0.3, 0.4) is 0 Å². The molecule has 1 aromatic rings. The van der Waals surface area contributed by atoms with Crippen LogP contribution >= 0.6 is 11.3 Å². The normalized spacial score (nSPS) is 19.8. The molecular weight excluding hydrogens is 304 g/mol.